The van der Waals surface area contributed by atoms with E-state index in [0.717, 1.165) is 29.2 Å². The average molecular weight is 762 g/mol. The Kier molecular flexibility index (Phi) is 12.5. The topological polar surface area (TPSA) is 110 Å². The summed E-state index contributed by atoms with van der Waals surface area (Å²) in [5.41, 5.74) is 3.07. The molecule has 3 N–H and O–H groups in total. The van der Waals surface area contributed by atoms with E-state index in [0.29, 0.717) is 63.2 Å². The molecule has 3 fully saturated rings. The second-order valence-corrected chi connectivity index (χ2v) is 22.0. The number of piperidine rings is 1. The number of benzene rings is 1. The molecule has 1 aromatic carbocycles. The molecule has 1 aromatic rings. The number of allylic oxidation sites excluding steroid dienone is 4. The van der Waals surface area contributed by atoms with Gasteiger partial charge >= 0.3 is 5.97 Å². The van der Waals surface area contributed by atoms with Crippen molar-refractivity contribution in [2.24, 2.45) is 23.7 Å². The Morgan fingerprint density at radius 2 is 1.81 bits per heavy atom. The molecule has 8 nitrogen and oxygen atoms in total. The first-order valence-corrected chi connectivity index (χ1v) is 22.4. The van der Waals surface area contributed by atoms with Gasteiger partial charge in [-0.2, -0.15) is 0 Å². The van der Waals surface area contributed by atoms with Gasteiger partial charge in [0, 0.05) is 49.5 Å². The number of nitrogens with one attached hydrogen (secondary N) is 1. The Bertz CT molecular complexity index is 1570. The Hall–Kier alpha value is -2.60. The number of rotatable bonds is 11. The first kappa shape index (κ1) is 40.6. The maximum Gasteiger partial charge on any atom is 0.320 e. The van der Waals surface area contributed by atoms with Crippen LogP contribution in [-0.2, 0) is 14.4 Å². The minimum absolute atomic E-state index is 0.0507. The molecule has 1 saturated carbocycles. The predicted molar refractivity (Wildman–Crippen MR) is 203 cm³/mol. The largest absolute Gasteiger partial charge is 0.480 e. The molecule has 52 heavy (non-hydrogen) atoms. The number of hydrogen-bond acceptors (Lipinski definition) is 5. The van der Waals surface area contributed by atoms with Crippen LogP contribution in [0.4, 0.5) is 8.78 Å². The quantitative estimate of drug-likeness (QED) is 0.198. The molecule has 0 aromatic heterocycles. The summed E-state index contributed by atoms with van der Waals surface area (Å²) in [4.78, 5) is 54.0. The number of hydrogen-bond donors (Lipinski definition) is 3. The third-order valence-corrected chi connectivity index (χ3v) is 16.9. The Labute approximate surface area is 314 Å². The van der Waals surface area contributed by atoms with Crippen LogP contribution < -0.4 is 5.32 Å². The number of likely N-dealkylation sites (tertiary alicyclic amines) is 2. The van der Waals surface area contributed by atoms with Gasteiger partial charge in [-0.15, -0.1) is 0 Å². The van der Waals surface area contributed by atoms with Gasteiger partial charge in [0.05, 0.1) is 6.04 Å². The lowest BCUT2D eigenvalue weighted by Gasteiger charge is -2.37. The van der Waals surface area contributed by atoms with Crippen molar-refractivity contribution >= 4 is 37.7 Å². The fraction of sp³-hybridized carbons (Fsp3) is 0.675. The standard InChI is InChI=1S/C40H58ClF2N3O5Si/c1-8-36(44-24(3)47)32-15-23(2)34(41)20-30(32)26-11-13-45(14-12-26)38(48)33-19-28(18-31(33)29-10-9-27(42)17-35(29)43)46-22-25(16-37(46)39(49)50)21-40(4,5)52(6,7)51/h9-10,15,17,20,25-26,28-29,31,33,35-37,51H,8,11-14,16,18-19,21-22H2,1-7H3,(H,44,47)(H,49,50)/t25-,28?,29?,31-,33+,35?,36-,37+/m0/s1. The Morgan fingerprint density at radius 3 is 2.38 bits per heavy atom. The van der Waals surface area contributed by atoms with Crippen molar-refractivity contribution in [3.63, 3.8) is 0 Å². The molecule has 4 aliphatic rings. The molecular weight excluding hydrogens is 704 g/mol. The lowest BCUT2D eigenvalue weighted by molar-refractivity contribution is -0.143. The van der Waals surface area contributed by atoms with Crippen molar-refractivity contribution < 1.29 is 33.1 Å². The van der Waals surface area contributed by atoms with Crippen LogP contribution in [0.2, 0.25) is 23.2 Å². The van der Waals surface area contributed by atoms with Crippen LogP contribution in [0, 0.1) is 30.6 Å². The van der Waals surface area contributed by atoms with E-state index in [2.05, 4.69) is 25.2 Å². The van der Waals surface area contributed by atoms with Gasteiger partial charge in [-0.05, 0) is 123 Å². The molecule has 2 aliphatic heterocycles. The molecule has 288 valence electrons. The molecule has 2 amide bonds. The molecule has 0 bridgehead atoms. The van der Waals surface area contributed by atoms with Crippen LogP contribution >= 0.6 is 11.6 Å². The van der Waals surface area contributed by atoms with Crippen LogP contribution in [0.25, 0.3) is 0 Å². The first-order valence-electron chi connectivity index (χ1n) is 19.1. The summed E-state index contributed by atoms with van der Waals surface area (Å²) in [5, 5.41) is 13.8. The summed E-state index contributed by atoms with van der Waals surface area (Å²) in [6.45, 7) is 15.0. The highest BCUT2D eigenvalue weighted by Gasteiger charge is 2.52. The summed E-state index contributed by atoms with van der Waals surface area (Å²) < 4.78 is 29.6. The molecule has 12 heteroatoms. The number of nitrogens with zero attached hydrogens (tertiary/aromatic N) is 2. The lowest BCUT2D eigenvalue weighted by atomic mass is 9.78. The van der Waals surface area contributed by atoms with Gasteiger partial charge in [0.1, 0.15) is 18.0 Å². The highest BCUT2D eigenvalue weighted by molar-refractivity contribution is 6.72. The number of aryl methyl sites for hydroxylation is 1. The molecule has 2 aliphatic carbocycles. The van der Waals surface area contributed by atoms with Gasteiger partial charge in [-0.1, -0.05) is 44.5 Å². The normalized spacial score (nSPS) is 29.6. The Balaban J connectivity index is 1.36. The fourth-order valence-corrected chi connectivity index (χ4v) is 10.4. The highest BCUT2D eigenvalue weighted by Crippen LogP contribution is 2.49. The number of carbonyl (C=O) groups excluding carboxylic acids is 2. The summed E-state index contributed by atoms with van der Waals surface area (Å²) >= 11 is 6.63. The molecule has 0 spiro atoms. The number of halogens is 3. The van der Waals surface area contributed by atoms with Crippen molar-refractivity contribution in [2.45, 2.75) is 128 Å². The van der Waals surface area contributed by atoms with E-state index < -0.39 is 50.1 Å². The summed E-state index contributed by atoms with van der Waals surface area (Å²) in [5.74, 6) is -3.12. The Morgan fingerprint density at radius 1 is 1.13 bits per heavy atom. The van der Waals surface area contributed by atoms with E-state index in [9.17, 15) is 28.7 Å². The van der Waals surface area contributed by atoms with Gasteiger partial charge in [0.25, 0.3) is 0 Å². The van der Waals surface area contributed by atoms with Gasteiger partial charge in [0.15, 0.2) is 8.32 Å². The number of aliphatic carboxylic acids is 1. The van der Waals surface area contributed by atoms with Crippen molar-refractivity contribution in [3.8, 4) is 0 Å². The van der Waals surface area contributed by atoms with E-state index in [-0.39, 0.29) is 40.8 Å². The average Bonchev–Trinajstić information content (AvgIpc) is 3.68. The maximum absolute atomic E-state index is 15.6. The van der Waals surface area contributed by atoms with E-state index in [4.69, 9.17) is 11.6 Å². The van der Waals surface area contributed by atoms with Crippen LogP contribution in [0.15, 0.2) is 36.2 Å². The minimum Gasteiger partial charge on any atom is -0.480 e. The second kappa shape index (κ2) is 16.0. The monoisotopic (exact) mass is 761 g/mol. The number of carbonyl (C=O) groups is 3. The number of amides is 2. The van der Waals surface area contributed by atoms with Crippen molar-refractivity contribution in [2.75, 3.05) is 19.6 Å². The van der Waals surface area contributed by atoms with Crippen molar-refractivity contribution in [1.29, 1.82) is 0 Å². The van der Waals surface area contributed by atoms with Crippen LogP contribution in [-0.4, -0.2) is 83.7 Å². The SMILES string of the molecule is CC[C@H](NC(C)=O)c1cc(C)c(Cl)cc1C1CCN(C(=O)[C@@H]2CC(N3C[C@H](CC(C)(C)[Si](C)(C)O)C[C@@H]3C(=O)O)C[C@H]2C2C=CC(F)=CC2F)CC1. The number of carboxylic acid groups (broad SMARTS) is 1. The zero-order valence-electron chi connectivity index (χ0n) is 31.8. The van der Waals surface area contributed by atoms with Crippen LogP contribution in [0.1, 0.15) is 101 Å². The second-order valence-electron chi connectivity index (χ2n) is 17.1. The third-order valence-electron chi connectivity index (χ3n) is 13.0. The highest BCUT2D eigenvalue weighted by atomic mass is 35.5. The number of carboxylic acids is 1. The first-order chi connectivity index (χ1) is 24.3. The van der Waals surface area contributed by atoms with Gasteiger partial charge in [0.2, 0.25) is 11.8 Å². The third kappa shape index (κ3) is 8.68. The van der Waals surface area contributed by atoms with E-state index in [1.807, 2.05) is 42.8 Å². The molecule has 0 radical (unpaired) electrons. The van der Waals surface area contributed by atoms with Gasteiger partial charge in [-0.3, -0.25) is 19.3 Å². The predicted octanol–water partition coefficient (Wildman–Crippen LogP) is 7.86. The zero-order chi connectivity index (χ0) is 38.3. The summed E-state index contributed by atoms with van der Waals surface area (Å²) in [6, 6.07) is 2.95. The molecular formula is C40H58ClF2N3O5Si. The van der Waals surface area contributed by atoms with Crippen molar-refractivity contribution in [3.05, 3.63) is 57.9 Å². The smallest absolute Gasteiger partial charge is 0.320 e. The summed E-state index contributed by atoms with van der Waals surface area (Å²) in [6.07, 6.45) is 6.40. The summed E-state index contributed by atoms with van der Waals surface area (Å²) in [7, 11) is -2.52. The van der Waals surface area contributed by atoms with Crippen molar-refractivity contribution in [1.82, 2.24) is 15.1 Å². The maximum atomic E-state index is 15.6. The van der Waals surface area contributed by atoms with E-state index >= 15 is 4.39 Å². The van der Waals surface area contributed by atoms with E-state index in [1.54, 1.807) is 6.08 Å². The molecule has 3 unspecified atom stereocenters. The van der Waals surface area contributed by atoms with Gasteiger partial charge < -0.3 is 20.1 Å². The minimum atomic E-state index is -2.52. The molecule has 2 saturated heterocycles. The molecule has 8 atom stereocenters. The fourth-order valence-electron chi connectivity index (χ4n) is 9.41. The van der Waals surface area contributed by atoms with Crippen LogP contribution in [0.5, 0.6) is 0 Å². The van der Waals surface area contributed by atoms with E-state index in [1.165, 1.54) is 13.0 Å². The van der Waals surface area contributed by atoms with Crippen LogP contribution in [0.3, 0.4) is 0 Å². The molecule has 5 rings (SSSR count). The lowest BCUT2D eigenvalue weighted by Crippen LogP contribution is -2.44. The molecule has 2 heterocycles. The number of alkyl halides is 1. The zero-order valence-corrected chi connectivity index (χ0v) is 33.6. The van der Waals surface area contributed by atoms with Gasteiger partial charge in [-0.25, -0.2) is 8.78 Å².